The van der Waals surface area contributed by atoms with Crippen LogP contribution in [0.2, 0.25) is 0 Å². The summed E-state index contributed by atoms with van der Waals surface area (Å²) in [5.74, 6) is 0.830. The molecule has 2 saturated heterocycles. The highest BCUT2D eigenvalue weighted by Gasteiger charge is 2.28. The molecule has 1 aromatic heterocycles. The molecule has 2 aliphatic rings. The molecule has 2 fully saturated rings. The minimum atomic E-state index is 0.142. The summed E-state index contributed by atoms with van der Waals surface area (Å²) in [4.78, 5) is 24.0. The predicted octanol–water partition coefficient (Wildman–Crippen LogP) is 1.65. The molecule has 2 atom stereocenters. The zero-order valence-corrected chi connectivity index (χ0v) is 16.4. The highest BCUT2D eigenvalue weighted by molar-refractivity contribution is 5.79. The van der Waals surface area contributed by atoms with E-state index in [9.17, 15) is 4.79 Å². The van der Waals surface area contributed by atoms with E-state index in [2.05, 4.69) is 28.6 Å². The van der Waals surface area contributed by atoms with Gasteiger partial charge in [0.15, 0.2) is 0 Å². The van der Waals surface area contributed by atoms with Crippen molar-refractivity contribution in [2.24, 2.45) is 0 Å². The molecule has 0 bridgehead atoms. The van der Waals surface area contributed by atoms with Crippen molar-refractivity contribution < 1.29 is 9.53 Å². The minimum absolute atomic E-state index is 0.142. The van der Waals surface area contributed by atoms with Gasteiger partial charge in [-0.3, -0.25) is 19.6 Å². The average molecular weight is 361 g/mol. The van der Waals surface area contributed by atoms with Crippen molar-refractivity contribution in [2.45, 2.75) is 45.2 Å². The third-order valence-electron chi connectivity index (χ3n) is 5.92. The number of likely N-dealkylation sites (tertiary alicyclic amines) is 1. The quantitative estimate of drug-likeness (QED) is 0.772. The number of carbonyl (C=O) groups is 1. The monoisotopic (exact) mass is 360 g/mol. The molecule has 26 heavy (non-hydrogen) atoms. The minimum Gasteiger partial charge on any atom is -0.495 e. The Morgan fingerprint density at radius 3 is 2.50 bits per heavy atom. The molecule has 3 heterocycles. The standard InChI is InChI=1S/C20H32N4O2/c1-16-6-7-17(2)24(16)14-11-22-9-12-23(13-10-22)20(25)15-18-19(26-3)5-4-8-21-18/h4-5,8,16-17H,6-7,9-15H2,1-3H3. The SMILES string of the molecule is COc1cccnc1CC(=O)N1CCN(CCN2C(C)CCC2C)CC1. The van der Waals surface area contributed by atoms with E-state index in [0.717, 1.165) is 45.0 Å². The van der Waals surface area contributed by atoms with Crippen LogP contribution in [0.25, 0.3) is 0 Å². The van der Waals surface area contributed by atoms with E-state index in [1.807, 2.05) is 17.0 Å². The highest BCUT2D eigenvalue weighted by Crippen LogP contribution is 2.23. The molecule has 144 valence electrons. The summed E-state index contributed by atoms with van der Waals surface area (Å²) in [5, 5.41) is 0. The Bertz CT molecular complexity index is 591. The second kappa shape index (κ2) is 8.82. The number of hydrogen-bond acceptors (Lipinski definition) is 5. The van der Waals surface area contributed by atoms with E-state index >= 15 is 0 Å². The summed E-state index contributed by atoms with van der Waals surface area (Å²) in [6.07, 6.45) is 4.66. The number of amides is 1. The first-order valence-electron chi connectivity index (χ1n) is 9.82. The second-order valence-corrected chi connectivity index (χ2v) is 7.56. The van der Waals surface area contributed by atoms with Gasteiger partial charge >= 0.3 is 0 Å². The molecule has 6 heteroatoms. The van der Waals surface area contributed by atoms with Crippen LogP contribution in [0, 0.1) is 0 Å². The number of hydrogen-bond donors (Lipinski definition) is 0. The topological polar surface area (TPSA) is 48.9 Å². The van der Waals surface area contributed by atoms with E-state index in [-0.39, 0.29) is 5.91 Å². The number of nitrogens with zero attached hydrogens (tertiary/aromatic N) is 4. The lowest BCUT2D eigenvalue weighted by Crippen LogP contribution is -2.51. The van der Waals surface area contributed by atoms with Gasteiger partial charge in [0.2, 0.25) is 5.91 Å². The predicted molar refractivity (Wildman–Crippen MR) is 102 cm³/mol. The van der Waals surface area contributed by atoms with Crippen molar-refractivity contribution >= 4 is 5.91 Å². The summed E-state index contributed by atoms with van der Waals surface area (Å²) in [6.45, 7) is 10.5. The van der Waals surface area contributed by atoms with Crippen LogP contribution in [0.3, 0.4) is 0 Å². The summed E-state index contributed by atoms with van der Waals surface area (Å²) >= 11 is 0. The lowest BCUT2D eigenvalue weighted by atomic mass is 10.2. The number of rotatable bonds is 6. The molecule has 0 radical (unpaired) electrons. The van der Waals surface area contributed by atoms with Crippen molar-refractivity contribution in [1.82, 2.24) is 19.7 Å². The van der Waals surface area contributed by atoms with Gasteiger partial charge in [-0.25, -0.2) is 0 Å². The molecule has 6 nitrogen and oxygen atoms in total. The van der Waals surface area contributed by atoms with E-state index in [4.69, 9.17) is 4.74 Å². The molecule has 0 saturated carbocycles. The molecule has 0 N–H and O–H groups in total. The van der Waals surface area contributed by atoms with Crippen molar-refractivity contribution in [3.05, 3.63) is 24.0 Å². The van der Waals surface area contributed by atoms with Crippen LogP contribution in [0.15, 0.2) is 18.3 Å². The zero-order chi connectivity index (χ0) is 18.5. The van der Waals surface area contributed by atoms with E-state index < -0.39 is 0 Å². The Labute approximate surface area is 157 Å². The molecule has 1 aromatic rings. The molecular formula is C20H32N4O2. The van der Waals surface area contributed by atoms with Crippen LogP contribution in [-0.2, 0) is 11.2 Å². The molecule has 0 aromatic carbocycles. The Morgan fingerprint density at radius 2 is 1.85 bits per heavy atom. The van der Waals surface area contributed by atoms with Crippen molar-refractivity contribution in [2.75, 3.05) is 46.4 Å². The van der Waals surface area contributed by atoms with Crippen LogP contribution >= 0.6 is 0 Å². The number of ether oxygens (including phenoxy) is 1. The molecule has 2 unspecified atom stereocenters. The molecule has 0 spiro atoms. The van der Waals surface area contributed by atoms with Gasteiger partial charge in [-0.1, -0.05) is 0 Å². The Kier molecular flexibility index (Phi) is 6.48. The van der Waals surface area contributed by atoms with Crippen molar-refractivity contribution in [3.8, 4) is 5.75 Å². The number of methoxy groups -OCH3 is 1. The van der Waals surface area contributed by atoms with Gasteiger partial charge in [-0.05, 0) is 38.8 Å². The maximum Gasteiger partial charge on any atom is 0.228 e. The lowest BCUT2D eigenvalue weighted by molar-refractivity contribution is -0.132. The van der Waals surface area contributed by atoms with Gasteiger partial charge in [0.25, 0.3) is 0 Å². The normalized spacial score (nSPS) is 24.8. The summed E-state index contributed by atoms with van der Waals surface area (Å²) in [7, 11) is 1.62. The number of carbonyl (C=O) groups excluding carboxylic acids is 1. The average Bonchev–Trinajstić information content (AvgIpc) is 2.98. The van der Waals surface area contributed by atoms with Crippen LogP contribution < -0.4 is 4.74 Å². The first kappa shape index (κ1) is 19.1. The van der Waals surface area contributed by atoms with Crippen LogP contribution in [0.5, 0.6) is 5.75 Å². The van der Waals surface area contributed by atoms with Gasteiger partial charge < -0.3 is 9.64 Å². The third-order valence-corrected chi connectivity index (χ3v) is 5.92. The first-order valence-corrected chi connectivity index (χ1v) is 9.82. The largest absolute Gasteiger partial charge is 0.495 e. The third kappa shape index (κ3) is 4.54. The van der Waals surface area contributed by atoms with E-state index in [0.29, 0.717) is 24.3 Å². The van der Waals surface area contributed by atoms with E-state index in [1.54, 1.807) is 13.3 Å². The first-order chi connectivity index (χ1) is 12.6. The van der Waals surface area contributed by atoms with Crippen LogP contribution in [-0.4, -0.2) is 84.1 Å². The number of pyridine rings is 1. The molecule has 2 aliphatic heterocycles. The maximum absolute atomic E-state index is 12.6. The Hall–Kier alpha value is -1.66. The molecular weight excluding hydrogens is 328 g/mol. The highest BCUT2D eigenvalue weighted by atomic mass is 16.5. The van der Waals surface area contributed by atoms with Gasteiger partial charge in [-0.15, -0.1) is 0 Å². The second-order valence-electron chi connectivity index (χ2n) is 7.56. The summed E-state index contributed by atoms with van der Waals surface area (Å²) < 4.78 is 5.30. The fraction of sp³-hybridized carbons (Fsp3) is 0.700. The fourth-order valence-electron chi connectivity index (χ4n) is 4.16. The Morgan fingerprint density at radius 1 is 1.15 bits per heavy atom. The summed E-state index contributed by atoms with van der Waals surface area (Å²) in [5.41, 5.74) is 0.722. The smallest absolute Gasteiger partial charge is 0.228 e. The van der Waals surface area contributed by atoms with E-state index in [1.165, 1.54) is 12.8 Å². The molecule has 3 rings (SSSR count). The number of piperazine rings is 1. The molecule has 0 aliphatic carbocycles. The van der Waals surface area contributed by atoms with Gasteiger partial charge in [0, 0.05) is 57.5 Å². The summed E-state index contributed by atoms with van der Waals surface area (Å²) in [6, 6.07) is 5.10. The number of aromatic nitrogens is 1. The van der Waals surface area contributed by atoms with Gasteiger partial charge in [0.1, 0.15) is 5.75 Å². The molecule has 1 amide bonds. The zero-order valence-electron chi connectivity index (χ0n) is 16.4. The van der Waals surface area contributed by atoms with Gasteiger partial charge in [-0.2, -0.15) is 0 Å². The Balaban J connectivity index is 1.44. The fourth-order valence-corrected chi connectivity index (χ4v) is 4.16. The maximum atomic E-state index is 12.6. The van der Waals surface area contributed by atoms with Crippen molar-refractivity contribution in [1.29, 1.82) is 0 Å². The van der Waals surface area contributed by atoms with Crippen LogP contribution in [0.1, 0.15) is 32.4 Å². The van der Waals surface area contributed by atoms with Crippen LogP contribution in [0.4, 0.5) is 0 Å². The van der Waals surface area contributed by atoms with Crippen molar-refractivity contribution in [3.63, 3.8) is 0 Å². The lowest BCUT2D eigenvalue weighted by Gasteiger charge is -2.36. The van der Waals surface area contributed by atoms with Gasteiger partial charge in [0.05, 0.1) is 19.2 Å².